The molecule has 0 saturated heterocycles. The first-order valence-corrected chi connectivity index (χ1v) is 8.12. The maximum Gasteiger partial charge on any atom is 0.0103 e. The average molecular weight is 273 g/mol. The van der Waals surface area contributed by atoms with Gasteiger partial charge in [0.25, 0.3) is 0 Å². The molecule has 112 valence electrons. The number of aryl methyl sites for hydroxylation is 1. The van der Waals surface area contributed by atoms with Crippen LogP contribution in [-0.2, 0) is 5.41 Å². The molecule has 0 radical (unpaired) electrons. The van der Waals surface area contributed by atoms with E-state index in [4.69, 9.17) is 0 Å². The van der Waals surface area contributed by atoms with Crippen molar-refractivity contribution in [3.63, 3.8) is 0 Å². The number of hydrogen-bond donors (Lipinski definition) is 1. The molecule has 3 unspecified atom stereocenters. The molecule has 1 nitrogen and oxygen atoms in total. The minimum Gasteiger partial charge on any atom is -0.317 e. The zero-order valence-electron chi connectivity index (χ0n) is 14.1. The van der Waals surface area contributed by atoms with Gasteiger partial charge in [0.2, 0.25) is 0 Å². The zero-order chi connectivity index (χ0) is 14.9. The first-order chi connectivity index (χ1) is 9.37. The normalized spacial score (nSPS) is 27.6. The van der Waals surface area contributed by atoms with Crippen LogP contribution in [0.3, 0.4) is 0 Å². The fourth-order valence-corrected chi connectivity index (χ4v) is 4.21. The van der Waals surface area contributed by atoms with Crippen LogP contribution in [0.4, 0.5) is 0 Å². The highest BCUT2D eigenvalue weighted by Crippen LogP contribution is 2.43. The molecule has 0 aromatic heterocycles. The molecule has 1 saturated carbocycles. The summed E-state index contributed by atoms with van der Waals surface area (Å²) in [4.78, 5) is 0. The van der Waals surface area contributed by atoms with E-state index < -0.39 is 0 Å². The summed E-state index contributed by atoms with van der Waals surface area (Å²) >= 11 is 0. The lowest BCUT2D eigenvalue weighted by atomic mass is 9.63. The molecule has 0 aliphatic heterocycles. The highest BCUT2D eigenvalue weighted by atomic mass is 14.9. The van der Waals surface area contributed by atoms with E-state index >= 15 is 0 Å². The maximum atomic E-state index is 3.59. The Morgan fingerprint density at radius 3 is 2.50 bits per heavy atom. The SMILES string of the molecule is CNC1CC(C)CCC1C(C)(C)c1cccc(C)c1C. The van der Waals surface area contributed by atoms with Gasteiger partial charge in [-0.3, -0.25) is 0 Å². The molecule has 0 bridgehead atoms. The Morgan fingerprint density at radius 1 is 1.15 bits per heavy atom. The lowest BCUT2D eigenvalue weighted by Gasteiger charge is -2.45. The molecule has 1 aliphatic rings. The molecule has 1 aromatic rings. The van der Waals surface area contributed by atoms with Crippen molar-refractivity contribution in [1.82, 2.24) is 5.32 Å². The molecule has 0 heterocycles. The summed E-state index contributed by atoms with van der Waals surface area (Å²) in [7, 11) is 2.13. The van der Waals surface area contributed by atoms with E-state index in [-0.39, 0.29) is 5.41 Å². The van der Waals surface area contributed by atoms with Gasteiger partial charge in [-0.25, -0.2) is 0 Å². The predicted octanol–water partition coefficient (Wildman–Crippen LogP) is 4.61. The third-order valence-corrected chi connectivity index (χ3v) is 5.71. The van der Waals surface area contributed by atoms with Crippen molar-refractivity contribution >= 4 is 0 Å². The number of benzene rings is 1. The highest BCUT2D eigenvalue weighted by molar-refractivity contribution is 5.38. The Balaban J connectivity index is 2.35. The summed E-state index contributed by atoms with van der Waals surface area (Å²) in [5.74, 6) is 1.59. The van der Waals surface area contributed by atoms with E-state index in [1.54, 1.807) is 0 Å². The van der Waals surface area contributed by atoms with Crippen molar-refractivity contribution in [2.75, 3.05) is 7.05 Å². The van der Waals surface area contributed by atoms with E-state index in [0.717, 1.165) is 11.8 Å². The Morgan fingerprint density at radius 2 is 1.85 bits per heavy atom. The monoisotopic (exact) mass is 273 g/mol. The minimum atomic E-state index is 0.240. The molecule has 1 aromatic carbocycles. The molecule has 0 amide bonds. The Bertz CT molecular complexity index is 461. The van der Waals surface area contributed by atoms with E-state index in [1.807, 2.05) is 0 Å². The van der Waals surface area contributed by atoms with Crippen LogP contribution < -0.4 is 5.32 Å². The van der Waals surface area contributed by atoms with E-state index in [1.165, 1.54) is 36.0 Å². The second kappa shape index (κ2) is 5.89. The van der Waals surface area contributed by atoms with Crippen LogP contribution in [0.15, 0.2) is 18.2 Å². The third-order valence-electron chi connectivity index (χ3n) is 5.71. The molecule has 1 heteroatoms. The topological polar surface area (TPSA) is 12.0 Å². The fraction of sp³-hybridized carbons (Fsp3) is 0.684. The lowest BCUT2D eigenvalue weighted by molar-refractivity contribution is 0.151. The van der Waals surface area contributed by atoms with Crippen molar-refractivity contribution in [3.8, 4) is 0 Å². The molecule has 3 atom stereocenters. The Kier molecular flexibility index (Phi) is 4.59. The predicted molar refractivity (Wildman–Crippen MR) is 88.3 cm³/mol. The fourth-order valence-electron chi connectivity index (χ4n) is 4.21. The van der Waals surface area contributed by atoms with Crippen LogP contribution in [0.5, 0.6) is 0 Å². The third kappa shape index (κ3) is 2.79. The second-order valence-corrected chi connectivity index (χ2v) is 7.39. The molecule has 2 rings (SSSR count). The number of hydrogen-bond acceptors (Lipinski definition) is 1. The Labute approximate surface area is 125 Å². The molecule has 20 heavy (non-hydrogen) atoms. The second-order valence-electron chi connectivity index (χ2n) is 7.39. The highest BCUT2D eigenvalue weighted by Gasteiger charge is 2.39. The van der Waals surface area contributed by atoms with Gasteiger partial charge < -0.3 is 5.32 Å². The maximum absolute atomic E-state index is 3.59. The van der Waals surface area contributed by atoms with Crippen LogP contribution in [0.2, 0.25) is 0 Å². The molecular weight excluding hydrogens is 242 g/mol. The summed E-state index contributed by atoms with van der Waals surface area (Å²) in [5, 5.41) is 3.59. The summed E-state index contributed by atoms with van der Waals surface area (Å²) < 4.78 is 0. The summed E-state index contributed by atoms with van der Waals surface area (Å²) in [5.41, 5.74) is 4.67. The van der Waals surface area contributed by atoms with Crippen molar-refractivity contribution in [3.05, 3.63) is 34.9 Å². The van der Waals surface area contributed by atoms with Gasteiger partial charge in [0.05, 0.1) is 0 Å². The quantitative estimate of drug-likeness (QED) is 0.848. The van der Waals surface area contributed by atoms with Crippen LogP contribution in [0, 0.1) is 25.7 Å². The molecular formula is C19H31N. The van der Waals surface area contributed by atoms with E-state index in [9.17, 15) is 0 Å². The Hall–Kier alpha value is -0.820. The molecule has 0 spiro atoms. The van der Waals surface area contributed by atoms with Crippen LogP contribution >= 0.6 is 0 Å². The zero-order valence-corrected chi connectivity index (χ0v) is 14.1. The smallest absolute Gasteiger partial charge is 0.0103 e. The van der Waals surface area contributed by atoms with Gasteiger partial charge in [-0.1, -0.05) is 45.4 Å². The van der Waals surface area contributed by atoms with Gasteiger partial charge in [-0.05, 0) is 67.7 Å². The van der Waals surface area contributed by atoms with Gasteiger partial charge in [0, 0.05) is 6.04 Å². The standard InChI is InChI=1S/C19H31N/c1-13-10-11-17(18(12-13)20-6)19(4,5)16-9-7-8-14(2)15(16)3/h7-9,13,17-18,20H,10-12H2,1-6H3. The van der Waals surface area contributed by atoms with E-state index in [0.29, 0.717) is 6.04 Å². The van der Waals surface area contributed by atoms with Crippen LogP contribution in [-0.4, -0.2) is 13.1 Å². The van der Waals surface area contributed by atoms with Gasteiger partial charge in [0.1, 0.15) is 0 Å². The first kappa shape index (κ1) is 15.6. The summed E-state index contributed by atoms with van der Waals surface area (Å²) in [6, 6.07) is 7.44. The minimum absolute atomic E-state index is 0.240. The van der Waals surface area contributed by atoms with Crippen molar-refractivity contribution < 1.29 is 0 Å². The molecule has 1 aliphatic carbocycles. The van der Waals surface area contributed by atoms with Gasteiger partial charge in [0.15, 0.2) is 0 Å². The number of nitrogens with one attached hydrogen (secondary N) is 1. The van der Waals surface area contributed by atoms with Crippen molar-refractivity contribution in [2.45, 2.75) is 65.3 Å². The van der Waals surface area contributed by atoms with Crippen molar-refractivity contribution in [2.24, 2.45) is 11.8 Å². The van der Waals surface area contributed by atoms with Crippen LogP contribution in [0.1, 0.15) is 56.7 Å². The lowest BCUT2D eigenvalue weighted by Crippen LogP contribution is -2.47. The molecule has 1 fully saturated rings. The average Bonchev–Trinajstić information content (AvgIpc) is 2.41. The molecule has 1 N–H and O–H groups in total. The van der Waals surface area contributed by atoms with E-state index in [2.05, 4.69) is 65.2 Å². The van der Waals surface area contributed by atoms with Gasteiger partial charge in [-0.15, -0.1) is 0 Å². The summed E-state index contributed by atoms with van der Waals surface area (Å²) in [6.45, 7) is 11.8. The van der Waals surface area contributed by atoms with Gasteiger partial charge >= 0.3 is 0 Å². The van der Waals surface area contributed by atoms with Crippen LogP contribution in [0.25, 0.3) is 0 Å². The number of rotatable bonds is 3. The van der Waals surface area contributed by atoms with Crippen molar-refractivity contribution in [1.29, 1.82) is 0 Å². The largest absolute Gasteiger partial charge is 0.317 e. The van der Waals surface area contributed by atoms with Gasteiger partial charge in [-0.2, -0.15) is 0 Å². The summed E-state index contributed by atoms with van der Waals surface area (Å²) in [6.07, 6.45) is 4.03. The first-order valence-electron chi connectivity index (χ1n) is 8.12.